The van der Waals surface area contributed by atoms with Crippen molar-refractivity contribution in [1.82, 2.24) is 10.4 Å². The molecule has 1 aromatic heterocycles. The van der Waals surface area contributed by atoms with Gasteiger partial charge in [0.15, 0.2) is 0 Å². The van der Waals surface area contributed by atoms with Gasteiger partial charge in [0.25, 0.3) is 0 Å². The van der Waals surface area contributed by atoms with Crippen molar-refractivity contribution >= 4 is 11.3 Å². The molecule has 96 valence electrons. The van der Waals surface area contributed by atoms with Crippen LogP contribution in [0.2, 0.25) is 0 Å². The summed E-state index contributed by atoms with van der Waals surface area (Å²) in [6.07, 6.45) is 1.86. The number of hydrogen-bond donors (Lipinski definition) is 2. The summed E-state index contributed by atoms with van der Waals surface area (Å²) in [4.78, 5) is 5.37. The fourth-order valence-electron chi connectivity index (χ4n) is 1.78. The Labute approximate surface area is 111 Å². The lowest BCUT2D eigenvalue weighted by molar-refractivity contribution is 0.340. The molecule has 0 spiro atoms. The molecule has 4 nitrogen and oxygen atoms in total. The average molecular weight is 263 g/mol. The van der Waals surface area contributed by atoms with Crippen LogP contribution in [0.5, 0.6) is 5.75 Å². The number of nitrogens with zero attached hydrogens (tertiary/aromatic N) is 1. The summed E-state index contributed by atoms with van der Waals surface area (Å²) in [7, 11) is 0. The van der Waals surface area contributed by atoms with E-state index in [1.54, 1.807) is 11.3 Å². The fourth-order valence-corrected chi connectivity index (χ4v) is 2.65. The van der Waals surface area contributed by atoms with Gasteiger partial charge in [-0.05, 0) is 31.5 Å². The molecule has 0 amide bonds. The largest absolute Gasteiger partial charge is 0.494 e. The number of aromatic nitrogens is 1. The summed E-state index contributed by atoms with van der Waals surface area (Å²) in [5, 5.41) is 1.04. The predicted octanol–water partition coefficient (Wildman–Crippen LogP) is 2.40. The van der Waals surface area contributed by atoms with Crippen LogP contribution in [0.1, 0.15) is 28.4 Å². The summed E-state index contributed by atoms with van der Waals surface area (Å²) >= 11 is 1.64. The van der Waals surface area contributed by atoms with Crippen molar-refractivity contribution < 1.29 is 4.74 Å². The SMILES string of the molecule is CCOc1ccc(C(NN)c2cnc(C)s2)cc1. The van der Waals surface area contributed by atoms with E-state index in [2.05, 4.69) is 10.4 Å². The summed E-state index contributed by atoms with van der Waals surface area (Å²) in [5.74, 6) is 6.51. The Morgan fingerprint density at radius 1 is 1.39 bits per heavy atom. The van der Waals surface area contributed by atoms with Gasteiger partial charge in [0, 0.05) is 11.1 Å². The number of aryl methyl sites for hydroxylation is 1. The molecule has 0 saturated carbocycles. The molecule has 0 aliphatic heterocycles. The minimum absolute atomic E-state index is 0.0214. The molecule has 2 rings (SSSR count). The van der Waals surface area contributed by atoms with E-state index in [1.807, 2.05) is 44.3 Å². The van der Waals surface area contributed by atoms with Crippen molar-refractivity contribution in [3.8, 4) is 5.75 Å². The van der Waals surface area contributed by atoms with Gasteiger partial charge in [0.2, 0.25) is 0 Å². The van der Waals surface area contributed by atoms with E-state index in [1.165, 1.54) is 0 Å². The Hall–Kier alpha value is -1.43. The maximum absolute atomic E-state index is 5.64. The Balaban J connectivity index is 2.22. The maximum Gasteiger partial charge on any atom is 0.119 e. The molecular formula is C13H17N3OS. The number of hydrogen-bond acceptors (Lipinski definition) is 5. The number of hydrazine groups is 1. The summed E-state index contributed by atoms with van der Waals surface area (Å²) in [6, 6.07) is 7.93. The van der Waals surface area contributed by atoms with Crippen LogP contribution >= 0.6 is 11.3 Å². The molecular weight excluding hydrogens is 246 g/mol. The summed E-state index contributed by atoms with van der Waals surface area (Å²) < 4.78 is 5.42. The fraction of sp³-hybridized carbons (Fsp3) is 0.308. The van der Waals surface area contributed by atoms with Crippen molar-refractivity contribution in [1.29, 1.82) is 0 Å². The smallest absolute Gasteiger partial charge is 0.119 e. The monoisotopic (exact) mass is 263 g/mol. The van der Waals surface area contributed by atoms with E-state index in [0.717, 1.165) is 21.2 Å². The zero-order chi connectivity index (χ0) is 13.0. The first-order valence-electron chi connectivity index (χ1n) is 5.85. The van der Waals surface area contributed by atoms with Crippen molar-refractivity contribution in [3.63, 3.8) is 0 Å². The molecule has 2 aromatic rings. The third-order valence-electron chi connectivity index (χ3n) is 2.61. The molecule has 1 aromatic carbocycles. The molecule has 0 bridgehead atoms. The van der Waals surface area contributed by atoms with Crippen LogP contribution in [0.15, 0.2) is 30.5 Å². The average Bonchev–Trinajstić information content (AvgIpc) is 2.79. The zero-order valence-electron chi connectivity index (χ0n) is 10.5. The van der Waals surface area contributed by atoms with Crippen LogP contribution in [0.25, 0.3) is 0 Å². The van der Waals surface area contributed by atoms with Crippen LogP contribution in [0.3, 0.4) is 0 Å². The second-order valence-electron chi connectivity index (χ2n) is 3.88. The van der Waals surface area contributed by atoms with Gasteiger partial charge in [0.1, 0.15) is 5.75 Å². The van der Waals surface area contributed by atoms with E-state index in [-0.39, 0.29) is 6.04 Å². The minimum Gasteiger partial charge on any atom is -0.494 e. The Bertz CT molecular complexity index is 495. The number of thiazole rings is 1. The Morgan fingerprint density at radius 2 is 2.11 bits per heavy atom. The highest BCUT2D eigenvalue weighted by Crippen LogP contribution is 2.27. The van der Waals surface area contributed by atoms with E-state index < -0.39 is 0 Å². The van der Waals surface area contributed by atoms with Gasteiger partial charge in [-0.2, -0.15) is 0 Å². The first-order chi connectivity index (χ1) is 8.74. The number of benzene rings is 1. The topological polar surface area (TPSA) is 60.2 Å². The first-order valence-corrected chi connectivity index (χ1v) is 6.67. The Kier molecular flexibility index (Phi) is 4.30. The standard InChI is InChI=1S/C13H17N3OS/c1-3-17-11-6-4-10(5-7-11)13(16-14)12-8-15-9(2)18-12/h4-8,13,16H,3,14H2,1-2H3. The molecule has 5 heteroatoms. The zero-order valence-corrected chi connectivity index (χ0v) is 11.3. The lowest BCUT2D eigenvalue weighted by Gasteiger charge is -2.14. The van der Waals surface area contributed by atoms with Gasteiger partial charge in [-0.3, -0.25) is 5.84 Å². The maximum atomic E-state index is 5.64. The van der Waals surface area contributed by atoms with Gasteiger partial charge in [-0.15, -0.1) is 11.3 Å². The van der Waals surface area contributed by atoms with E-state index in [0.29, 0.717) is 6.61 Å². The van der Waals surface area contributed by atoms with E-state index in [9.17, 15) is 0 Å². The van der Waals surface area contributed by atoms with Crippen molar-refractivity contribution in [2.24, 2.45) is 5.84 Å². The number of nitrogens with one attached hydrogen (secondary N) is 1. The van der Waals surface area contributed by atoms with Crippen LogP contribution in [-0.2, 0) is 0 Å². The van der Waals surface area contributed by atoms with Gasteiger partial charge in [-0.25, -0.2) is 10.4 Å². The summed E-state index contributed by atoms with van der Waals surface area (Å²) in [5.41, 5.74) is 3.93. The molecule has 3 N–H and O–H groups in total. The molecule has 0 radical (unpaired) electrons. The molecule has 0 saturated heterocycles. The van der Waals surface area contributed by atoms with Crippen molar-refractivity contribution in [2.75, 3.05) is 6.61 Å². The first kappa shape index (κ1) is 13.0. The predicted molar refractivity (Wildman–Crippen MR) is 73.6 cm³/mol. The van der Waals surface area contributed by atoms with Gasteiger partial charge in [0.05, 0.1) is 17.7 Å². The molecule has 1 unspecified atom stereocenters. The third-order valence-corrected chi connectivity index (χ3v) is 3.59. The van der Waals surface area contributed by atoms with Crippen LogP contribution in [-0.4, -0.2) is 11.6 Å². The quantitative estimate of drug-likeness (QED) is 0.642. The number of rotatable bonds is 5. The molecule has 0 aliphatic rings. The normalized spacial score (nSPS) is 12.4. The highest BCUT2D eigenvalue weighted by molar-refractivity contribution is 7.11. The molecule has 1 atom stereocenters. The van der Waals surface area contributed by atoms with Gasteiger partial charge in [-0.1, -0.05) is 12.1 Å². The van der Waals surface area contributed by atoms with Gasteiger partial charge < -0.3 is 4.74 Å². The number of nitrogens with two attached hydrogens (primary N) is 1. The van der Waals surface area contributed by atoms with Crippen LogP contribution < -0.4 is 16.0 Å². The molecule has 0 fully saturated rings. The van der Waals surface area contributed by atoms with Crippen molar-refractivity contribution in [2.45, 2.75) is 19.9 Å². The molecule has 1 heterocycles. The summed E-state index contributed by atoms with van der Waals surface area (Å²) in [6.45, 7) is 4.63. The molecule has 0 aliphatic carbocycles. The third kappa shape index (κ3) is 2.87. The highest BCUT2D eigenvalue weighted by atomic mass is 32.1. The lowest BCUT2D eigenvalue weighted by atomic mass is 10.1. The number of ether oxygens (including phenoxy) is 1. The van der Waals surface area contributed by atoms with E-state index >= 15 is 0 Å². The Morgan fingerprint density at radius 3 is 2.61 bits per heavy atom. The highest BCUT2D eigenvalue weighted by Gasteiger charge is 2.14. The second-order valence-corrected chi connectivity index (χ2v) is 5.15. The van der Waals surface area contributed by atoms with Gasteiger partial charge >= 0.3 is 0 Å². The second kappa shape index (κ2) is 5.95. The minimum atomic E-state index is -0.0214. The van der Waals surface area contributed by atoms with Crippen LogP contribution in [0, 0.1) is 6.92 Å². The van der Waals surface area contributed by atoms with Crippen LogP contribution in [0.4, 0.5) is 0 Å². The van der Waals surface area contributed by atoms with E-state index in [4.69, 9.17) is 10.6 Å². The molecule has 18 heavy (non-hydrogen) atoms. The lowest BCUT2D eigenvalue weighted by Crippen LogP contribution is -2.28. The van der Waals surface area contributed by atoms with Crippen molar-refractivity contribution in [3.05, 3.63) is 45.9 Å².